The van der Waals surface area contributed by atoms with Gasteiger partial charge in [0.25, 0.3) is 0 Å². The molecular weight excluding hydrogens is 234 g/mol. The predicted octanol–water partition coefficient (Wildman–Crippen LogP) is 2.99. The number of nitrogens with zero attached hydrogens (tertiary/aromatic N) is 2. The minimum Gasteiger partial charge on any atom is -0.356 e. The van der Waals surface area contributed by atoms with Crippen molar-refractivity contribution < 1.29 is 0 Å². The van der Waals surface area contributed by atoms with Gasteiger partial charge in [-0.3, -0.25) is 0 Å². The molecule has 1 unspecified atom stereocenters. The van der Waals surface area contributed by atoms with E-state index in [0.29, 0.717) is 5.41 Å². The van der Waals surface area contributed by atoms with Gasteiger partial charge in [-0.1, -0.05) is 19.9 Å². The molecule has 3 nitrogen and oxygen atoms in total. The molecule has 1 aromatic rings. The number of hydrogen-bond donors (Lipinski definition) is 1. The number of rotatable bonds is 5. The van der Waals surface area contributed by atoms with Crippen molar-refractivity contribution in [3.05, 3.63) is 23.9 Å². The summed E-state index contributed by atoms with van der Waals surface area (Å²) >= 11 is 0. The molecule has 1 aliphatic rings. The van der Waals surface area contributed by atoms with Gasteiger partial charge in [0.15, 0.2) is 0 Å². The number of pyridine rings is 1. The summed E-state index contributed by atoms with van der Waals surface area (Å²) in [6, 6.07) is 4.52. The molecule has 1 fully saturated rings. The van der Waals surface area contributed by atoms with Crippen LogP contribution in [0, 0.1) is 5.41 Å². The third kappa shape index (κ3) is 3.27. The highest BCUT2D eigenvalue weighted by atomic mass is 15.2. The van der Waals surface area contributed by atoms with Crippen LogP contribution in [0.2, 0.25) is 0 Å². The van der Waals surface area contributed by atoms with E-state index in [-0.39, 0.29) is 6.04 Å². The molecule has 2 N–H and O–H groups in total. The Kier molecular flexibility index (Phi) is 4.46. The van der Waals surface area contributed by atoms with Crippen molar-refractivity contribution in [1.82, 2.24) is 4.98 Å². The second kappa shape index (κ2) is 5.91. The first kappa shape index (κ1) is 14.3. The fraction of sp³-hybridized carbons (Fsp3) is 0.688. The second-order valence-corrected chi connectivity index (χ2v) is 6.08. The van der Waals surface area contributed by atoms with E-state index < -0.39 is 0 Å². The highest BCUT2D eigenvalue weighted by Crippen LogP contribution is 2.38. The molecular formula is C16H27N3. The quantitative estimate of drug-likeness (QED) is 0.886. The molecule has 0 saturated carbocycles. The van der Waals surface area contributed by atoms with Crippen LogP contribution >= 0.6 is 0 Å². The number of aromatic nitrogens is 1. The maximum Gasteiger partial charge on any atom is 0.128 e. The lowest BCUT2D eigenvalue weighted by Gasteiger charge is -2.26. The highest BCUT2D eigenvalue weighted by Gasteiger charge is 2.35. The predicted molar refractivity (Wildman–Crippen MR) is 81.4 cm³/mol. The molecule has 0 radical (unpaired) electrons. The monoisotopic (exact) mass is 261 g/mol. The zero-order valence-corrected chi connectivity index (χ0v) is 12.5. The summed E-state index contributed by atoms with van der Waals surface area (Å²) < 4.78 is 0. The van der Waals surface area contributed by atoms with Crippen molar-refractivity contribution >= 4 is 5.82 Å². The van der Waals surface area contributed by atoms with E-state index in [0.717, 1.165) is 25.3 Å². The van der Waals surface area contributed by atoms with Gasteiger partial charge in [0, 0.05) is 25.3 Å². The van der Waals surface area contributed by atoms with Gasteiger partial charge in [0.1, 0.15) is 5.82 Å². The molecule has 0 aliphatic carbocycles. The average molecular weight is 261 g/mol. The van der Waals surface area contributed by atoms with Gasteiger partial charge in [0.05, 0.1) is 0 Å². The lowest BCUT2D eigenvalue weighted by atomic mass is 9.82. The fourth-order valence-electron chi connectivity index (χ4n) is 3.05. The van der Waals surface area contributed by atoms with Crippen LogP contribution in [0.4, 0.5) is 5.82 Å². The number of hydrogen-bond acceptors (Lipinski definition) is 3. The van der Waals surface area contributed by atoms with Crippen LogP contribution in [0.3, 0.4) is 0 Å². The maximum atomic E-state index is 5.82. The first-order chi connectivity index (χ1) is 9.08. The summed E-state index contributed by atoms with van der Waals surface area (Å²) in [5, 5.41) is 0. The molecule has 0 bridgehead atoms. The first-order valence-corrected chi connectivity index (χ1v) is 7.54. The van der Waals surface area contributed by atoms with Gasteiger partial charge >= 0.3 is 0 Å². The molecule has 2 rings (SSSR count). The third-order valence-corrected chi connectivity index (χ3v) is 4.63. The van der Waals surface area contributed by atoms with E-state index in [1.165, 1.54) is 24.8 Å². The van der Waals surface area contributed by atoms with E-state index >= 15 is 0 Å². The standard InChI is InChI=1S/C16H27N3/c1-4-16(5-2)8-9-19(12-16)15-7-6-14(11-18-15)10-13(3)17/h6-7,11,13H,4-5,8-10,12,17H2,1-3H3. The summed E-state index contributed by atoms with van der Waals surface area (Å²) in [7, 11) is 0. The Bertz CT molecular complexity index is 393. The molecule has 106 valence electrons. The highest BCUT2D eigenvalue weighted by molar-refractivity contribution is 5.41. The zero-order valence-electron chi connectivity index (χ0n) is 12.5. The molecule has 1 atom stereocenters. The number of anilines is 1. The molecule has 1 saturated heterocycles. The lowest BCUT2D eigenvalue weighted by molar-refractivity contribution is 0.301. The summed E-state index contributed by atoms with van der Waals surface area (Å²) in [6.07, 6.45) is 6.71. The summed E-state index contributed by atoms with van der Waals surface area (Å²) in [4.78, 5) is 7.05. The molecule has 0 spiro atoms. The van der Waals surface area contributed by atoms with Crippen molar-refractivity contribution in [2.75, 3.05) is 18.0 Å². The van der Waals surface area contributed by atoms with Crippen LogP contribution in [0.5, 0.6) is 0 Å². The minimum atomic E-state index is 0.201. The lowest BCUT2D eigenvalue weighted by Crippen LogP contribution is -2.26. The van der Waals surface area contributed by atoms with E-state index in [2.05, 4.69) is 35.9 Å². The molecule has 0 aromatic carbocycles. The van der Waals surface area contributed by atoms with Crippen molar-refractivity contribution in [3.8, 4) is 0 Å². The van der Waals surface area contributed by atoms with Crippen LogP contribution in [-0.2, 0) is 6.42 Å². The normalized spacial score (nSPS) is 19.7. The third-order valence-electron chi connectivity index (χ3n) is 4.63. The maximum absolute atomic E-state index is 5.82. The van der Waals surface area contributed by atoms with Crippen molar-refractivity contribution in [2.45, 2.75) is 52.5 Å². The Balaban J connectivity index is 2.03. The Morgan fingerprint density at radius 3 is 2.58 bits per heavy atom. The Morgan fingerprint density at radius 1 is 1.37 bits per heavy atom. The zero-order chi connectivity index (χ0) is 13.9. The van der Waals surface area contributed by atoms with Gasteiger partial charge in [0.2, 0.25) is 0 Å². The van der Waals surface area contributed by atoms with Gasteiger partial charge < -0.3 is 10.6 Å². The van der Waals surface area contributed by atoms with Gasteiger partial charge in [-0.2, -0.15) is 0 Å². The van der Waals surface area contributed by atoms with Gasteiger partial charge in [-0.05, 0) is 49.7 Å². The van der Waals surface area contributed by atoms with Crippen LogP contribution in [0.25, 0.3) is 0 Å². The van der Waals surface area contributed by atoms with Crippen LogP contribution in [0.1, 0.15) is 45.6 Å². The van der Waals surface area contributed by atoms with Gasteiger partial charge in [-0.15, -0.1) is 0 Å². The van der Waals surface area contributed by atoms with Crippen molar-refractivity contribution in [2.24, 2.45) is 11.1 Å². The van der Waals surface area contributed by atoms with Gasteiger partial charge in [-0.25, -0.2) is 4.98 Å². The SMILES string of the molecule is CCC1(CC)CCN(c2ccc(CC(C)N)cn2)C1. The molecule has 2 heterocycles. The topological polar surface area (TPSA) is 42.1 Å². The van der Waals surface area contributed by atoms with E-state index in [1.807, 2.05) is 13.1 Å². The van der Waals surface area contributed by atoms with Crippen molar-refractivity contribution in [3.63, 3.8) is 0 Å². The molecule has 3 heteroatoms. The Morgan fingerprint density at radius 2 is 2.11 bits per heavy atom. The van der Waals surface area contributed by atoms with E-state index in [1.54, 1.807) is 0 Å². The summed E-state index contributed by atoms with van der Waals surface area (Å²) in [5.41, 5.74) is 7.56. The van der Waals surface area contributed by atoms with Crippen LogP contribution < -0.4 is 10.6 Å². The molecule has 1 aliphatic heterocycles. The average Bonchev–Trinajstić information content (AvgIpc) is 2.84. The fourth-order valence-corrected chi connectivity index (χ4v) is 3.05. The van der Waals surface area contributed by atoms with Crippen molar-refractivity contribution in [1.29, 1.82) is 0 Å². The van der Waals surface area contributed by atoms with Crippen LogP contribution in [0.15, 0.2) is 18.3 Å². The summed E-state index contributed by atoms with van der Waals surface area (Å²) in [5.74, 6) is 1.12. The number of nitrogens with two attached hydrogens (primary N) is 1. The largest absolute Gasteiger partial charge is 0.356 e. The first-order valence-electron chi connectivity index (χ1n) is 7.54. The molecule has 0 amide bonds. The summed E-state index contributed by atoms with van der Waals surface area (Å²) in [6.45, 7) is 8.95. The minimum absolute atomic E-state index is 0.201. The Labute approximate surface area is 117 Å². The molecule has 19 heavy (non-hydrogen) atoms. The van der Waals surface area contributed by atoms with E-state index in [4.69, 9.17) is 5.73 Å². The Hall–Kier alpha value is -1.09. The van der Waals surface area contributed by atoms with Crippen LogP contribution in [-0.4, -0.2) is 24.1 Å². The molecule has 1 aromatic heterocycles. The smallest absolute Gasteiger partial charge is 0.128 e. The second-order valence-electron chi connectivity index (χ2n) is 6.08. The van der Waals surface area contributed by atoms with E-state index in [9.17, 15) is 0 Å².